The molecule has 2 rings (SSSR count). The highest BCUT2D eigenvalue weighted by atomic mass is 79.9. The highest BCUT2D eigenvalue weighted by Crippen LogP contribution is 2.33. The average molecular weight is 339 g/mol. The number of hydrogen-bond acceptors (Lipinski definition) is 2. The summed E-state index contributed by atoms with van der Waals surface area (Å²) in [7, 11) is 0. The van der Waals surface area contributed by atoms with Gasteiger partial charge in [-0.2, -0.15) is 0 Å². The normalized spacial score (nSPS) is 18.1. The molecule has 0 aromatic heterocycles. The maximum Gasteiger partial charge on any atom is 0.242 e. The monoisotopic (exact) mass is 338 g/mol. The summed E-state index contributed by atoms with van der Waals surface area (Å²) >= 11 is 3.49. The predicted octanol–water partition coefficient (Wildman–Crippen LogP) is 2.56. The second kappa shape index (κ2) is 6.39. The standard InChI is InChI=1S/C15H19BrN2O2/c1-10-8-12(5-6-13(10)16)14-4-3-7-18(14)15(20)9-17-11(2)19/h5-6,8,14H,3-4,7,9H2,1-2H3,(H,17,19)/t14-/m0/s1. The molecule has 1 N–H and O–H groups in total. The number of halogens is 1. The fourth-order valence-electron chi connectivity index (χ4n) is 2.59. The minimum absolute atomic E-state index is 0.0109. The second-order valence-corrected chi connectivity index (χ2v) is 6.02. The molecule has 1 saturated heterocycles. The molecule has 0 spiro atoms. The van der Waals surface area contributed by atoms with Crippen molar-refractivity contribution in [2.75, 3.05) is 13.1 Å². The van der Waals surface area contributed by atoms with Crippen LogP contribution < -0.4 is 5.32 Å². The first-order valence-corrected chi connectivity index (χ1v) is 7.58. The van der Waals surface area contributed by atoms with Crippen LogP contribution in [0.25, 0.3) is 0 Å². The molecule has 0 radical (unpaired) electrons. The van der Waals surface area contributed by atoms with Crippen LogP contribution >= 0.6 is 15.9 Å². The number of nitrogens with one attached hydrogen (secondary N) is 1. The fraction of sp³-hybridized carbons (Fsp3) is 0.467. The third-order valence-corrected chi connectivity index (χ3v) is 4.52. The van der Waals surface area contributed by atoms with Gasteiger partial charge in [0.15, 0.2) is 0 Å². The van der Waals surface area contributed by atoms with Crippen molar-refractivity contribution in [1.29, 1.82) is 0 Å². The molecule has 5 heteroatoms. The zero-order valence-corrected chi connectivity index (χ0v) is 13.4. The Morgan fingerprint density at radius 1 is 1.45 bits per heavy atom. The lowest BCUT2D eigenvalue weighted by Gasteiger charge is -2.25. The summed E-state index contributed by atoms with van der Waals surface area (Å²) in [5.74, 6) is -0.183. The van der Waals surface area contributed by atoms with Gasteiger partial charge in [0.25, 0.3) is 0 Å². The molecule has 1 aromatic rings. The third-order valence-electron chi connectivity index (χ3n) is 3.63. The number of likely N-dealkylation sites (tertiary alicyclic amines) is 1. The Bertz CT molecular complexity index is 531. The van der Waals surface area contributed by atoms with E-state index in [-0.39, 0.29) is 24.4 Å². The topological polar surface area (TPSA) is 49.4 Å². The maximum atomic E-state index is 12.2. The molecule has 1 heterocycles. The summed E-state index contributed by atoms with van der Waals surface area (Å²) in [4.78, 5) is 25.0. The largest absolute Gasteiger partial charge is 0.347 e. The van der Waals surface area contributed by atoms with E-state index in [2.05, 4.69) is 33.4 Å². The molecular formula is C15H19BrN2O2. The van der Waals surface area contributed by atoms with E-state index < -0.39 is 0 Å². The molecule has 1 fully saturated rings. The van der Waals surface area contributed by atoms with Crippen LogP contribution in [0.5, 0.6) is 0 Å². The first kappa shape index (κ1) is 15.0. The van der Waals surface area contributed by atoms with E-state index in [1.165, 1.54) is 18.1 Å². The van der Waals surface area contributed by atoms with E-state index in [0.717, 1.165) is 23.9 Å². The van der Waals surface area contributed by atoms with Gasteiger partial charge in [0.1, 0.15) is 0 Å². The summed E-state index contributed by atoms with van der Waals surface area (Å²) in [5.41, 5.74) is 2.34. The molecule has 0 saturated carbocycles. The zero-order chi connectivity index (χ0) is 14.7. The molecule has 20 heavy (non-hydrogen) atoms. The number of amides is 2. The van der Waals surface area contributed by atoms with Crippen molar-refractivity contribution in [3.05, 3.63) is 33.8 Å². The van der Waals surface area contributed by atoms with Crippen molar-refractivity contribution < 1.29 is 9.59 Å². The highest BCUT2D eigenvalue weighted by molar-refractivity contribution is 9.10. The Morgan fingerprint density at radius 2 is 2.20 bits per heavy atom. The van der Waals surface area contributed by atoms with E-state index in [9.17, 15) is 9.59 Å². The molecule has 1 aliphatic heterocycles. The van der Waals surface area contributed by atoms with Gasteiger partial charge in [0.2, 0.25) is 11.8 Å². The van der Waals surface area contributed by atoms with Gasteiger partial charge in [-0.3, -0.25) is 9.59 Å². The fourth-order valence-corrected chi connectivity index (χ4v) is 2.84. The Hall–Kier alpha value is -1.36. The lowest BCUT2D eigenvalue weighted by atomic mass is 10.0. The minimum atomic E-state index is -0.173. The quantitative estimate of drug-likeness (QED) is 0.920. The first-order valence-electron chi connectivity index (χ1n) is 6.79. The minimum Gasteiger partial charge on any atom is -0.347 e. The van der Waals surface area contributed by atoms with Crippen LogP contribution in [-0.4, -0.2) is 29.8 Å². The summed E-state index contributed by atoms with van der Waals surface area (Å²) in [6.07, 6.45) is 1.98. The van der Waals surface area contributed by atoms with E-state index in [4.69, 9.17) is 0 Å². The van der Waals surface area contributed by atoms with Gasteiger partial charge in [-0.1, -0.05) is 28.1 Å². The molecule has 0 bridgehead atoms. The van der Waals surface area contributed by atoms with Crippen LogP contribution in [0.4, 0.5) is 0 Å². The number of benzene rings is 1. The highest BCUT2D eigenvalue weighted by Gasteiger charge is 2.29. The van der Waals surface area contributed by atoms with Gasteiger partial charge in [-0.25, -0.2) is 0 Å². The van der Waals surface area contributed by atoms with Crippen LogP contribution in [0.3, 0.4) is 0 Å². The molecule has 0 unspecified atom stereocenters. The zero-order valence-electron chi connectivity index (χ0n) is 11.8. The maximum absolute atomic E-state index is 12.2. The number of hydrogen-bond donors (Lipinski definition) is 1. The molecule has 0 aliphatic carbocycles. The van der Waals surface area contributed by atoms with Crippen molar-refractivity contribution in [3.8, 4) is 0 Å². The molecule has 1 atom stereocenters. The summed E-state index contributed by atoms with van der Waals surface area (Å²) in [6.45, 7) is 4.32. The number of nitrogens with zero attached hydrogens (tertiary/aromatic N) is 1. The van der Waals surface area contributed by atoms with Gasteiger partial charge in [0.05, 0.1) is 12.6 Å². The molecule has 4 nitrogen and oxygen atoms in total. The van der Waals surface area contributed by atoms with Crippen LogP contribution in [-0.2, 0) is 9.59 Å². The number of carbonyl (C=O) groups is 2. The Morgan fingerprint density at radius 3 is 2.85 bits per heavy atom. The Balaban J connectivity index is 2.12. The van der Waals surface area contributed by atoms with E-state index in [1.807, 2.05) is 17.9 Å². The first-order chi connectivity index (χ1) is 9.49. The predicted molar refractivity (Wildman–Crippen MR) is 81.3 cm³/mol. The van der Waals surface area contributed by atoms with Crippen LogP contribution in [0.15, 0.2) is 22.7 Å². The van der Waals surface area contributed by atoms with Gasteiger partial charge < -0.3 is 10.2 Å². The van der Waals surface area contributed by atoms with Gasteiger partial charge in [0, 0.05) is 17.9 Å². The number of aryl methyl sites for hydroxylation is 1. The molecule has 1 aromatic carbocycles. The number of rotatable bonds is 3. The van der Waals surface area contributed by atoms with Crippen molar-refractivity contribution in [1.82, 2.24) is 10.2 Å². The van der Waals surface area contributed by atoms with Crippen molar-refractivity contribution >= 4 is 27.7 Å². The third kappa shape index (κ3) is 3.39. The lowest BCUT2D eigenvalue weighted by molar-refractivity contribution is -0.133. The summed E-state index contributed by atoms with van der Waals surface area (Å²) in [5, 5.41) is 2.58. The average Bonchev–Trinajstić information content (AvgIpc) is 2.88. The van der Waals surface area contributed by atoms with Crippen molar-refractivity contribution in [2.45, 2.75) is 32.7 Å². The van der Waals surface area contributed by atoms with E-state index in [0.29, 0.717) is 0 Å². The number of carbonyl (C=O) groups excluding carboxylic acids is 2. The van der Waals surface area contributed by atoms with E-state index in [1.54, 1.807) is 0 Å². The summed E-state index contributed by atoms with van der Waals surface area (Å²) < 4.78 is 1.08. The lowest BCUT2D eigenvalue weighted by Crippen LogP contribution is -2.39. The molecular weight excluding hydrogens is 320 g/mol. The molecule has 2 amide bonds. The smallest absolute Gasteiger partial charge is 0.242 e. The Labute approximate surface area is 127 Å². The van der Waals surface area contributed by atoms with Gasteiger partial charge in [-0.15, -0.1) is 0 Å². The van der Waals surface area contributed by atoms with E-state index >= 15 is 0 Å². The SMILES string of the molecule is CC(=O)NCC(=O)N1CCC[C@H]1c1ccc(Br)c(C)c1. The van der Waals surface area contributed by atoms with Crippen LogP contribution in [0.1, 0.15) is 36.9 Å². The summed E-state index contributed by atoms with van der Waals surface area (Å²) in [6, 6.07) is 6.34. The molecule has 1 aliphatic rings. The van der Waals surface area contributed by atoms with Crippen LogP contribution in [0.2, 0.25) is 0 Å². The van der Waals surface area contributed by atoms with Crippen molar-refractivity contribution in [2.24, 2.45) is 0 Å². The van der Waals surface area contributed by atoms with Gasteiger partial charge >= 0.3 is 0 Å². The van der Waals surface area contributed by atoms with Crippen molar-refractivity contribution in [3.63, 3.8) is 0 Å². The van der Waals surface area contributed by atoms with Gasteiger partial charge in [-0.05, 0) is 37.0 Å². The Kier molecular flexibility index (Phi) is 4.81. The van der Waals surface area contributed by atoms with Crippen LogP contribution in [0, 0.1) is 6.92 Å². The molecule has 108 valence electrons. The second-order valence-electron chi connectivity index (χ2n) is 5.16.